The van der Waals surface area contributed by atoms with Gasteiger partial charge < -0.3 is 9.64 Å². The topological polar surface area (TPSA) is 117 Å². The Hall–Kier alpha value is -1.27. The van der Waals surface area contributed by atoms with E-state index in [-0.39, 0.29) is 54.7 Å². The summed E-state index contributed by atoms with van der Waals surface area (Å²) < 4.78 is 34.8. The van der Waals surface area contributed by atoms with E-state index >= 15 is 0 Å². The number of fused-ring (bicyclic) bond motifs is 1. The Morgan fingerprint density at radius 1 is 1.12 bits per heavy atom. The first-order chi connectivity index (χ1) is 15.7. The average molecular weight is 485 g/mol. The molecule has 0 bridgehead atoms. The van der Waals surface area contributed by atoms with E-state index in [0.29, 0.717) is 32.4 Å². The van der Waals surface area contributed by atoms with Gasteiger partial charge in [0.2, 0.25) is 15.9 Å². The smallest absolute Gasteiger partial charge is 0.327 e. The molecule has 6 atom stereocenters. The third-order valence-corrected chi connectivity index (χ3v) is 10.00. The number of hydrogen-bond acceptors (Lipinski definition) is 7. The summed E-state index contributed by atoms with van der Waals surface area (Å²) in [6.07, 6.45) is 5.13. The highest BCUT2D eigenvalue weighted by Gasteiger charge is 2.53. The number of imide groups is 1. The molecule has 2 aliphatic carbocycles. The molecule has 3 aliphatic heterocycles. The lowest BCUT2D eigenvalue weighted by molar-refractivity contribution is -0.143. The minimum absolute atomic E-state index is 0.0352. The molecule has 0 aromatic heterocycles. The Labute approximate surface area is 195 Å². The van der Waals surface area contributed by atoms with Crippen LogP contribution in [0.5, 0.6) is 0 Å². The lowest BCUT2D eigenvalue weighted by atomic mass is 9.80. The molecule has 5 fully saturated rings. The molecule has 33 heavy (non-hydrogen) atoms. The van der Waals surface area contributed by atoms with Crippen LogP contribution >= 0.6 is 0 Å². The van der Waals surface area contributed by atoms with Crippen LogP contribution in [0.2, 0.25) is 0 Å². The second-order valence-electron chi connectivity index (χ2n) is 10.8. The van der Waals surface area contributed by atoms with Gasteiger partial charge in [-0.1, -0.05) is 0 Å². The van der Waals surface area contributed by atoms with Gasteiger partial charge in [0.1, 0.15) is 0 Å². The number of ether oxygens (including phenoxy) is 1. The van der Waals surface area contributed by atoms with E-state index in [9.17, 15) is 18.0 Å². The molecule has 2 N–H and O–H groups in total. The third kappa shape index (κ3) is 4.80. The molecule has 3 amide bonds. The monoisotopic (exact) mass is 484 g/mol. The van der Waals surface area contributed by atoms with E-state index in [4.69, 9.17) is 9.57 Å². The number of urea groups is 1. The number of carbonyl (C=O) groups excluding carboxylic acids is 2. The normalized spacial score (nSPS) is 38.6. The van der Waals surface area contributed by atoms with Crippen LogP contribution < -0.4 is 10.2 Å². The second kappa shape index (κ2) is 8.75. The van der Waals surface area contributed by atoms with Crippen molar-refractivity contribution in [3.05, 3.63) is 0 Å². The Balaban J connectivity index is 1.36. The fraction of sp³-hybridized carbons (Fsp3) is 0.909. The van der Waals surface area contributed by atoms with Gasteiger partial charge in [0.25, 0.3) is 0 Å². The summed E-state index contributed by atoms with van der Waals surface area (Å²) >= 11 is 0. The summed E-state index contributed by atoms with van der Waals surface area (Å²) in [5, 5.41) is -0.621. The number of sulfonamides is 1. The molecule has 0 aromatic carbocycles. The van der Waals surface area contributed by atoms with Crippen molar-refractivity contribution in [3.8, 4) is 0 Å². The van der Waals surface area contributed by atoms with Gasteiger partial charge in [-0.3, -0.25) is 14.5 Å². The van der Waals surface area contributed by atoms with Crippen LogP contribution in [0.15, 0.2) is 0 Å². The number of hydrogen-bond donors (Lipinski definition) is 2. The maximum atomic E-state index is 13.5. The van der Waals surface area contributed by atoms with Crippen molar-refractivity contribution in [1.29, 1.82) is 0 Å². The maximum absolute atomic E-state index is 13.5. The first-order valence-electron chi connectivity index (χ1n) is 12.3. The van der Waals surface area contributed by atoms with Crippen molar-refractivity contribution < 1.29 is 27.6 Å². The van der Waals surface area contributed by atoms with Crippen LogP contribution in [-0.4, -0.2) is 84.9 Å². The average Bonchev–Trinajstić information content (AvgIpc) is 3.14. The lowest BCUT2D eigenvalue weighted by Crippen LogP contribution is -2.65. The van der Waals surface area contributed by atoms with Gasteiger partial charge in [0.05, 0.1) is 29.9 Å². The highest BCUT2D eigenvalue weighted by Crippen LogP contribution is 2.40. The largest absolute Gasteiger partial charge is 0.376 e. The van der Waals surface area contributed by atoms with Gasteiger partial charge in [0.15, 0.2) is 0 Å². The molecule has 5 rings (SSSR count). The predicted molar refractivity (Wildman–Crippen MR) is 119 cm³/mol. The van der Waals surface area contributed by atoms with E-state index in [1.165, 1.54) is 4.90 Å². The van der Waals surface area contributed by atoms with E-state index in [2.05, 4.69) is 10.2 Å². The quantitative estimate of drug-likeness (QED) is 0.556. The van der Waals surface area contributed by atoms with Gasteiger partial charge in [-0.2, -0.15) is 5.48 Å². The second-order valence-corrected chi connectivity index (χ2v) is 12.8. The number of carbonyl (C=O) groups is 2. The highest BCUT2D eigenvalue weighted by molar-refractivity contribution is 7.90. The number of nitrogens with one attached hydrogen (secondary N) is 2. The van der Waals surface area contributed by atoms with Crippen molar-refractivity contribution in [2.75, 3.05) is 19.7 Å². The Kier molecular flexibility index (Phi) is 6.22. The van der Waals surface area contributed by atoms with Gasteiger partial charge >= 0.3 is 6.03 Å². The van der Waals surface area contributed by atoms with Crippen LogP contribution in [0.1, 0.15) is 65.2 Å². The minimum Gasteiger partial charge on any atom is -0.376 e. The number of rotatable bonds is 7. The number of nitrogens with zero attached hydrogens (tertiary/aromatic N) is 2. The van der Waals surface area contributed by atoms with Gasteiger partial charge in [-0.15, -0.1) is 0 Å². The molecule has 5 aliphatic rings. The van der Waals surface area contributed by atoms with Crippen molar-refractivity contribution in [2.24, 2.45) is 5.92 Å². The Bertz CT molecular complexity index is 887. The summed E-state index contributed by atoms with van der Waals surface area (Å²) in [5.74, 6) is -0.799. The predicted octanol–water partition coefficient (Wildman–Crippen LogP) is 1.12. The highest BCUT2D eigenvalue weighted by atomic mass is 32.2. The van der Waals surface area contributed by atoms with Crippen LogP contribution in [0.25, 0.3) is 0 Å². The molecule has 0 spiro atoms. The van der Waals surface area contributed by atoms with Crippen LogP contribution in [-0.2, 0) is 24.4 Å². The van der Waals surface area contributed by atoms with E-state index in [1.807, 2.05) is 13.8 Å². The molecular formula is C22H36N4O6S. The summed E-state index contributed by atoms with van der Waals surface area (Å²) in [4.78, 5) is 35.7. The van der Waals surface area contributed by atoms with Crippen LogP contribution in [0.4, 0.5) is 4.79 Å². The van der Waals surface area contributed by atoms with Gasteiger partial charge in [-0.05, 0) is 65.2 Å². The standard InChI is InChI=1S/C22H36N4O6S/c1-14-10-16(32-23-14)13-26-20(27)18-11-17(33(29,30)24-22(2)7-8-22)5-6-19(18)25(21(26)28)12-15-4-3-9-31-15/h14-19,23-24H,3-13H2,1-2H3. The van der Waals surface area contributed by atoms with Crippen LogP contribution in [0, 0.1) is 5.92 Å². The zero-order valence-corrected chi connectivity index (χ0v) is 20.3. The molecule has 186 valence electrons. The van der Waals surface area contributed by atoms with E-state index in [0.717, 1.165) is 25.7 Å². The summed E-state index contributed by atoms with van der Waals surface area (Å²) in [6, 6.07) is -0.431. The molecule has 11 heteroatoms. The SMILES string of the molecule is CC1CC(CN2C(=O)C3CC(S(=O)(=O)NC4(C)CC4)CCC3N(CC3CCCO3)C2=O)ON1. The Morgan fingerprint density at radius 3 is 2.55 bits per heavy atom. The lowest BCUT2D eigenvalue weighted by Gasteiger charge is -2.49. The van der Waals surface area contributed by atoms with Crippen molar-refractivity contribution in [3.63, 3.8) is 0 Å². The van der Waals surface area contributed by atoms with Crippen LogP contribution in [0.3, 0.4) is 0 Å². The molecule has 3 saturated heterocycles. The molecule has 10 nitrogen and oxygen atoms in total. The summed E-state index contributed by atoms with van der Waals surface area (Å²) in [5.41, 5.74) is 2.56. The Morgan fingerprint density at radius 2 is 1.91 bits per heavy atom. The first-order valence-corrected chi connectivity index (χ1v) is 13.9. The van der Waals surface area contributed by atoms with E-state index in [1.54, 1.807) is 4.90 Å². The summed E-state index contributed by atoms with van der Waals surface area (Å²) in [6.45, 7) is 5.21. The summed E-state index contributed by atoms with van der Waals surface area (Å²) in [7, 11) is -3.54. The zero-order valence-electron chi connectivity index (χ0n) is 19.5. The fourth-order valence-electron chi connectivity index (χ4n) is 5.75. The third-order valence-electron chi connectivity index (χ3n) is 7.92. The van der Waals surface area contributed by atoms with E-state index < -0.39 is 21.2 Å². The molecule has 6 unspecified atom stereocenters. The molecular weight excluding hydrogens is 448 g/mol. The molecule has 0 aromatic rings. The fourth-order valence-corrected chi connectivity index (χ4v) is 7.72. The van der Waals surface area contributed by atoms with Crippen molar-refractivity contribution >= 4 is 22.0 Å². The molecule has 3 heterocycles. The maximum Gasteiger partial charge on any atom is 0.327 e. The van der Waals surface area contributed by atoms with Gasteiger partial charge in [-0.25, -0.2) is 17.9 Å². The number of amides is 3. The van der Waals surface area contributed by atoms with Crippen molar-refractivity contribution in [2.45, 2.75) is 100 Å². The first kappa shape index (κ1) is 23.5. The van der Waals surface area contributed by atoms with Crippen molar-refractivity contribution in [1.82, 2.24) is 20.0 Å². The van der Waals surface area contributed by atoms with Gasteiger partial charge in [0, 0.05) is 30.8 Å². The zero-order chi connectivity index (χ0) is 23.4. The number of hydroxylamine groups is 1. The molecule has 0 radical (unpaired) electrons. The molecule has 2 saturated carbocycles. The minimum atomic E-state index is -3.54.